The average Bonchev–Trinajstić information content (AvgIpc) is 2.68. The Morgan fingerprint density at radius 2 is 1.62 bits per heavy atom. The molecule has 7 nitrogen and oxygen atoms in total. The topological polar surface area (TPSA) is 61.8 Å². The highest BCUT2D eigenvalue weighted by Crippen LogP contribution is 2.30. The number of anilines is 2. The fourth-order valence-electron chi connectivity index (χ4n) is 3.77. The Morgan fingerprint density at radius 1 is 0.875 bits per heavy atom. The molecular formula is C17H25N5O2. The maximum Gasteiger partial charge on any atom is 0.227 e. The molecule has 0 atom stereocenters. The predicted molar refractivity (Wildman–Crippen MR) is 91.6 cm³/mol. The van der Waals surface area contributed by atoms with Crippen LogP contribution in [0.5, 0.6) is 0 Å². The second-order valence-corrected chi connectivity index (χ2v) is 6.71. The third-order valence-electron chi connectivity index (χ3n) is 5.21. The van der Waals surface area contributed by atoms with Crippen molar-refractivity contribution in [3.8, 4) is 0 Å². The van der Waals surface area contributed by atoms with Gasteiger partial charge in [0.25, 0.3) is 0 Å². The predicted octanol–water partition coefficient (Wildman–Crippen LogP) is 0.470. The van der Waals surface area contributed by atoms with Crippen molar-refractivity contribution in [3.63, 3.8) is 0 Å². The molecule has 0 bridgehead atoms. The van der Waals surface area contributed by atoms with Crippen LogP contribution in [0.3, 0.4) is 0 Å². The Bertz CT molecular complexity index is 595. The number of aryl methyl sites for hydroxylation is 1. The maximum atomic E-state index is 10.9. The molecule has 1 aromatic heterocycles. The van der Waals surface area contributed by atoms with E-state index in [2.05, 4.69) is 9.80 Å². The van der Waals surface area contributed by atoms with Gasteiger partial charge in [-0.25, -0.2) is 4.98 Å². The van der Waals surface area contributed by atoms with Gasteiger partial charge >= 0.3 is 0 Å². The van der Waals surface area contributed by atoms with Gasteiger partial charge < -0.3 is 19.4 Å². The number of piperazine rings is 1. The highest BCUT2D eigenvalue weighted by atomic mass is 16.5. The van der Waals surface area contributed by atoms with Crippen LogP contribution in [0.15, 0.2) is 0 Å². The number of morpholine rings is 1. The van der Waals surface area contributed by atoms with E-state index in [0.29, 0.717) is 0 Å². The van der Waals surface area contributed by atoms with Crippen LogP contribution in [-0.2, 0) is 22.4 Å². The molecule has 7 heteroatoms. The molecule has 0 N–H and O–H groups in total. The molecule has 130 valence electrons. The number of carbonyl (C=O) groups is 1. The summed E-state index contributed by atoms with van der Waals surface area (Å²) in [5, 5.41) is 0. The first kappa shape index (κ1) is 15.6. The van der Waals surface area contributed by atoms with Gasteiger partial charge in [-0.15, -0.1) is 0 Å². The Hall–Kier alpha value is -1.89. The largest absolute Gasteiger partial charge is 0.378 e. The molecule has 4 rings (SSSR count). The summed E-state index contributed by atoms with van der Waals surface area (Å²) in [6.45, 7) is 6.45. The van der Waals surface area contributed by atoms with Crippen molar-refractivity contribution in [1.29, 1.82) is 0 Å². The molecular weight excluding hydrogens is 306 g/mol. The SMILES string of the molecule is O=CN1CCN(c2nc3c(c(N4CCOCC4)n2)CCCC3)CC1. The number of hydrogen-bond acceptors (Lipinski definition) is 6. The lowest BCUT2D eigenvalue weighted by atomic mass is 9.96. The smallest absolute Gasteiger partial charge is 0.227 e. The number of rotatable bonds is 3. The molecule has 0 unspecified atom stereocenters. The molecule has 2 saturated heterocycles. The number of carbonyl (C=O) groups excluding carboxylic acids is 1. The van der Waals surface area contributed by atoms with Gasteiger partial charge in [-0.2, -0.15) is 4.98 Å². The standard InChI is InChI=1S/C17H25N5O2/c23-13-20-5-7-22(8-6-20)17-18-15-4-2-1-3-14(15)16(19-17)21-9-11-24-12-10-21/h13H,1-12H2. The molecule has 0 spiro atoms. The van der Waals surface area contributed by atoms with Crippen LogP contribution in [0.2, 0.25) is 0 Å². The van der Waals surface area contributed by atoms with Crippen molar-refractivity contribution in [2.24, 2.45) is 0 Å². The van der Waals surface area contributed by atoms with E-state index in [0.717, 1.165) is 83.5 Å². The highest BCUT2D eigenvalue weighted by Gasteiger charge is 2.26. The van der Waals surface area contributed by atoms with E-state index in [-0.39, 0.29) is 0 Å². The van der Waals surface area contributed by atoms with E-state index in [1.807, 2.05) is 4.90 Å². The van der Waals surface area contributed by atoms with Crippen molar-refractivity contribution >= 4 is 18.2 Å². The number of aromatic nitrogens is 2. The van der Waals surface area contributed by atoms with Crippen LogP contribution in [0.1, 0.15) is 24.1 Å². The van der Waals surface area contributed by atoms with E-state index in [4.69, 9.17) is 14.7 Å². The minimum absolute atomic E-state index is 0.747. The second-order valence-electron chi connectivity index (χ2n) is 6.71. The second kappa shape index (κ2) is 6.93. The van der Waals surface area contributed by atoms with Crippen molar-refractivity contribution < 1.29 is 9.53 Å². The fourth-order valence-corrected chi connectivity index (χ4v) is 3.77. The lowest BCUT2D eigenvalue weighted by Crippen LogP contribution is -2.46. The van der Waals surface area contributed by atoms with Gasteiger partial charge in [0.05, 0.1) is 18.9 Å². The van der Waals surface area contributed by atoms with Crippen LogP contribution < -0.4 is 9.80 Å². The Morgan fingerprint density at radius 3 is 2.38 bits per heavy atom. The average molecular weight is 331 g/mol. The fraction of sp³-hybridized carbons (Fsp3) is 0.706. The third-order valence-corrected chi connectivity index (χ3v) is 5.21. The molecule has 3 aliphatic rings. The number of hydrogen-bond donors (Lipinski definition) is 0. The Balaban J connectivity index is 1.63. The summed E-state index contributed by atoms with van der Waals surface area (Å²) in [5.74, 6) is 1.96. The first-order chi connectivity index (χ1) is 11.8. The normalized spacial score (nSPS) is 21.6. The van der Waals surface area contributed by atoms with Gasteiger partial charge in [-0.1, -0.05) is 0 Å². The summed E-state index contributed by atoms with van der Waals surface area (Å²) < 4.78 is 5.50. The molecule has 0 aromatic carbocycles. The molecule has 2 aliphatic heterocycles. The molecule has 0 saturated carbocycles. The van der Waals surface area contributed by atoms with Crippen molar-refractivity contribution in [1.82, 2.24) is 14.9 Å². The summed E-state index contributed by atoms with van der Waals surface area (Å²) in [6, 6.07) is 0. The van der Waals surface area contributed by atoms with Gasteiger partial charge in [0.2, 0.25) is 12.4 Å². The zero-order valence-corrected chi connectivity index (χ0v) is 14.1. The van der Waals surface area contributed by atoms with Gasteiger partial charge in [0, 0.05) is 44.8 Å². The Kier molecular flexibility index (Phi) is 4.51. The maximum absolute atomic E-state index is 10.9. The molecule has 1 amide bonds. The van der Waals surface area contributed by atoms with E-state index in [1.54, 1.807) is 0 Å². The van der Waals surface area contributed by atoms with E-state index in [1.165, 1.54) is 24.1 Å². The number of fused-ring (bicyclic) bond motifs is 1. The zero-order valence-electron chi connectivity index (χ0n) is 14.1. The third kappa shape index (κ3) is 3.05. The molecule has 0 radical (unpaired) electrons. The molecule has 3 heterocycles. The van der Waals surface area contributed by atoms with Gasteiger partial charge in [-0.05, 0) is 25.7 Å². The van der Waals surface area contributed by atoms with Crippen LogP contribution in [0, 0.1) is 0 Å². The molecule has 1 aromatic rings. The van der Waals surface area contributed by atoms with Crippen LogP contribution in [0.25, 0.3) is 0 Å². The summed E-state index contributed by atoms with van der Waals surface area (Å²) in [7, 11) is 0. The lowest BCUT2D eigenvalue weighted by Gasteiger charge is -2.35. The highest BCUT2D eigenvalue weighted by molar-refractivity contribution is 5.55. The number of ether oxygens (including phenoxy) is 1. The molecule has 2 fully saturated rings. The number of nitrogens with zero attached hydrogens (tertiary/aromatic N) is 5. The minimum Gasteiger partial charge on any atom is -0.378 e. The van der Waals surface area contributed by atoms with Gasteiger partial charge in [0.15, 0.2) is 0 Å². The monoisotopic (exact) mass is 331 g/mol. The number of amides is 1. The van der Waals surface area contributed by atoms with Crippen molar-refractivity contribution in [2.45, 2.75) is 25.7 Å². The van der Waals surface area contributed by atoms with Crippen molar-refractivity contribution in [3.05, 3.63) is 11.3 Å². The summed E-state index contributed by atoms with van der Waals surface area (Å²) in [5.41, 5.74) is 2.57. The van der Waals surface area contributed by atoms with Crippen LogP contribution in [-0.4, -0.2) is 73.8 Å². The first-order valence-electron chi connectivity index (χ1n) is 9.02. The molecule has 24 heavy (non-hydrogen) atoms. The molecule has 1 aliphatic carbocycles. The summed E-state index contributed by atoms with van der Waals surface area (Å²) >= 11 is 0. The van der Waals surface area contributed by atoms with E-state index in [9.17, 15) is 4.79 Å². The summed E-state index contributed by atoms with van der Waals surface area (Å²) in [4.78, 5) is 27.2. The summed E-state index contributed by atoms with van der Waals surface area (Å²) in [6.07, 6.45) is 5.51. The lowest BCUT2D eigenvalue weighted by molar-refractivity contribution is -0.118. The Labute approximate surface area is 142 Å². The first-order valence-corrected chi connectivity index (χ1v) is 9.02. The van der Waals surface area contributed by atoms with Crippen molar-refractivity contribution in [2.75, 3.05) is 62.3 Å². The minimum atomic E-state index is 0.747. The van der Waals surface area contributed by atoms with E-state index >= 15 is 0 Å². The van der Waals surface area contributed by atoms with Gasteiger partial charge in [-0.3, -0.25) is 4.79 Å². The van der Waals surface area contributed by atoms with Gasteiger partial charge in [0.1, 0.15) is 5.82 Å². The van der Waals surface area contributed by atoms with Crippen LogP contribution in [0.4, 0.5) is 11.8 Å². The van der Waals surface area contributed by atoms with E-state index < -0.39 is 0 Å². The van der Waals surface area contributed by atoms with Crippen LogP contribution >= 0.6 is 0 Å². The quantitative estimate of drug-likeness (QED) is 0.751. The zero-order chi connectivity index (χ0) is 16.4.